The Morgan fingerprint density at radius 3 is 2.63 bits per heavy atom. The maximum atomic E-state index is 12.6. The Balaban J connectivity index is 1.75. The van der Waals surface area contributed by atoms with Crippen LogP contribution in [0.2, 0.25) is 5.02 Å². The van der Waals surface area contributed by atoms with Crippen LogP contribution in [0.3, 0.4) is 0 Å². The van der Waals surface area contributed by atoms with Crippen molar-refractivity contribution >= 4 is 34.9 Å². The molecule has 1 heterocycles. The number of aromatic hydroxyl groups is 1. The second-order valence-corrected chi connectivity index (χ2v) is 6.77. The summed E-state index contributed by atoms with van der Waals surface area (Å²) in [5.41, 5.74) is 2.00. The molecule has 3 rings (SSSR count). The van der Waals surface area contributed by atoms with Crippen LogP contribution in [0.4, 0.5) is 5.69 Å². The molecule has 0 aromatic heterocycles. The van der Waals surface area contributed by atoms with E-state index in [4.69, 9.17) is 16.3 Å². The number of esters is 1. The van der Waals surface area contributed by atoms with Crippen LogP contribution in [0.1, 0.15) is 40.1 Å². The van der Waals surface area contributed by atoms with Crippen molar-refractivity contribution in [3.05, 3.63) is 58.1 Å². The highest BCUT2D eigenvalue weighted by Crippen LogP contribution is 2.29. The summed E-state index contributed by atoms with van der Waals surface area (Å²) in [4.78, 5) is 38.1. The lowest BCUT2D eigenvalue weighted by molar-refractivity contribution is -0.116. The van der Waals surface area contributed by atoms with E-state index in [1.807, 2.05) is 0 Å². The molecule has 0 aliphatic carbocycles. The third kappa shape index (κ3) is 3.80. The fourth-order valence-corrected chi connectivity index (χ4v) is 3.24. The van der Waals surface area contributed by atoms with Gasteiger partial charge in [0.2, 0.25) is 11.7 Å². The molecule has 2 aromatic rings. The van der Waals surface area contributed by atoms with E-state index in [0.717, 1.165) is 11.3 Å². The van der Waals surface area contributed by atoms with Crippen LogP contribution in [0, 0.1) is 0 Å². The van der Waals surface area contributed by atoms with Crippen LogP contribution < -0.4 is 4.90 Å². The number of ether oxygens (including phenoxy) is 1. The lowest BCUT2D eigenvalue weighted by Gasteiger charge is -2.16. The third-order valence-electron chi connectivity index (χ3n) is 4.47. The Bertz CT molecular complexity index is 940. The van der Waals surface area contributed by atoms with Gasteiger partial charge in [-0.1, -0.05) is 11.6 Å². The number of amides is 1. The van der Waals surface area contributed by atoms with Gasteiger partial charge in [-0.15, -0.1) is 0 Å². The lowest BCUT2D eigenvalue weighted by atomic mass is 10.0. The van der Waals surface area contributed by atoms with Gasteiger partial charge < -0.3 is 14.7 Å². The SMILES string of the molecule is CC(=O)N1CCc2cc(C(=O)C(C)OC(=O)c3cc(Cl)ccc3O)ccc21. The van der Waals surface area contributed by atoms with E-state index in [0.29, 0.717) is 18.5 Å². The molecule has 7 heteroatoms. The highest BCUT2D eigenvalue weighted by Gasteiger charge is 2.26. The average Bonchev–Trinajstić information content (AvgIpc) is 3.06. The van der Waals surface area contributed by atoms with Crippen molar-refractivity contribution in [2.45, 2.75) is 26.4 Å². The number of hydrogen-bond acceptors (Lipinski definition) is 5. The molecule has 6 nitrogen and oxygen atoms in total. The number of fused-ring (bicyclic) bond motifs is 1. The van der Waals surface area contributed by atoms with Crippen molar-refractivity contribution in [1.29, 1.82) is 0 Å². The molecule has 0 saturated heterocycles. The lowest BCUT2D eigenvalue weighted by Crippen LogP contribution is -2.26. The number of nitrogens with zero attached hydrogens (tertiary/aromatic N) is 1. The van der Waals surface area contributed by atoms with E-state index in [2.05, 4.69) is 0 Å². The third-order valence-corrected chi connectivity index (χ3v) is 4.71. The first kappa shape index (κ1) is 18.9. The molecule has 2 aromatic carbocycles. The van der Waals surface area contributed by atoms with Crippen LogP contribution >= 0.6 is 11.6 Å². The molecule has 1 aliphatic rings. The maximum absolute atomic E-state index is 12.6. The second kappa shape index (κ2) is 7.40. The van der Waals surface area contributed by atoms with E-state index in [9.17, 15) is 19.5 Å². The summed E-state index contributed by atoms with van der Waals surface area (Å²) in [5, 5.41) is 10.0. The number of carbonyl (C=O) groups excluding carboxylic acids is 3. The predicted octanol–water partition coefficient (Wildman–Crippen LogP) is 3.38. The molecule has 0 spiro atoms. The quantitative estimate of drug-likeness (QED) is 0.642. The van der Waals surface area contributed by atoms with E-state index < -0.39 is 12.1 Å². The standard InChI is InChI=1S/C20H18ClNO5/c1-11(27-20(26)16-10-15(21)4-6-18(16)24)19(25)14-3-5-17-13(9-14)7-8-22(17)12(2)23/h3-6,9-11,24H,7-8H2,1-2H3. The molecule has 0 radical (unpaired) electrons. The summed E-state index contributed by atoms with van der Waals surface area (Å²) < 4.78 is 5.20. The predicted molar refractivity (Wildman–Crippen MR) is 100 cm³/mol. The molecule has 0 fully saturated rings. The first-order valence-corrected chi connectivity index (χ1v) is 8.80. The number of halogens is 1. The molecule has 1 amide bonds. The molecule has 1 unspecified atom stereocenters. The van der Waals surface area contributed by atoms with Gasteiger partial charge >= 0.3 is 5.97 Å². The molecule has 27 heavy (non-hydrogen) atoms. The first-order chi connectivity index (χ1) is 12.8. The monoisotopic (exact) mass is 387 g/mol. The van der Waals surface area contributed by atoms with Gasteiger partial charge in [0.1, 0.15) is 11.3 Å². The Hall–Kier alpha value is -2.86. The fraction of sp³-hybridized carbons (Fsp3) is 0.250. The topological polar surface area (TPSA) is 83.9 Å². The highest BCUT2D eigenvalue weighted by atomic mass is 35.5. The largest absolute Gasteiger partial charge is 0.507 e. The average molecular weight is 388 g/mol. The molecule has 1 aliphatic heterocycles. The minimum absolute atomic E-state index is 0.0449. The number of anilines is 1. The number of ketones is 1. The molecular formula is C20H18ClNO5. The number of hydrogen-bond donors (Lipinski definition) is 1. The van der Waals surface area contributed by atoms with Crippen LogP contribution in [-0.2, 0) is 16.0 Å². The van der Waals surface area contributed by atoms with Crippen molar-refractivity contribution in [1.82, 2.24) is 0 Å². The Morgan fingerprint density at radius 1 is 1.19 bits per heavy atom. The van der Waals surface area contributed by atoms with E-state index >= 15 is 0 Å². The number of rotatable bonds is 4. The summed E-state index contributed by atoms with van der Waals surface area (Å²) in [5.74, 6) is -1.52. The molecule has 1 atom stereocenters. The van der Waals surface area contributed by atoms with E-state index in [1.165, 1.54) is 32.0 Å². The number of phenols is 1. The molecule has 1 N–H and O–H groups in total. The first-order valence-electron chi connectivity index (χ1n) is 8.42. The van der Waals surface area contributed by atoms with Crippen LogP contribution in [-0.4, -0.2) is 35.4 Å². The van der Waals surface area contributed by atoms with Gasteiger partial charge in [0.05, 0.1) is 0 Å². The van der Waals surface area contributed by atoms with E-state index in [-0.39, 0.29) is 28.0 Å². The zero-order valence-electron chi connectivity index (χ0n) is 14.9. The maximum Gasteiger partial charge on any atom is 0.342 e. The van der Waals surface area contributed by atoms with Gasteiger partial charge in [0, 0.05) is 29.7 Å². The van der Waals surface area contributed by atoms with Crippen molar-refractivity contribution in [3.8, 4) is 5.75 Å². The Kier molecular flexibility index (Phi) is 5.19. The number of Topliss-reactive ketones (excluding diaryl/α,β-unsaturated/α-hetero) is 1. The van der Waals surface area contributed by atoms with Crippen molar-refractivity contribution in [2.75, 3.05) is 11.4 Å². The van der Waals surface area contributed by atoms with Gasteiger partial charge in [-0.05, 0) is 55.3 Å². The highest BCUT2D eigenvalue weighted by molar-refractivity contribution is 6.31. The summed E-state index contributed by atoms with van der Waals surface area (Å²) in [6, 6.07) is 9.08. The minimum atomic E-state index is -1.04. The van der Waals surface area contributed by atoms with Crippen LogP contribution in [0.25, 0.3) is 0 Å². The van der Waals surface area contributed by atoms with Crippen LogP contribution in [0.5, 0.6) is 5.75 Å². The molecular weight excluding hydrogens is 370 g/mol. The number of phenolic OH excluding ortho intramolecular Hbond substituents is 1. The van der Waals surface area contributed by atoms with E-state index in [1.54, 1.807) is 23.1 Å². The number of benzene rings is 2. The summed E-state index contributed by atoms with van der Waals surface area (Å²) in [7, 11) is 0. The summed E-state index contributed by atoms with van der Waals surface area (Å²) in [6.07, 6.45) is -0.375. The fourth-order valence-electron chi connectivity index (χ4n) is 3.07. The van der Waals surface area contributed by atoms with Gasteiger partial charge in [-0.25, -0.2) is 4.79 Å². The molecule has 0 saturated carbocycles. The number of carbonyl (C=O) groups is 3. The van der Waals surface area contributed by atoms with Crippen molar-refractivity contribution in [3.63, 3.8) is 0 Å². The zero-order valence-corrected chi connectivity index (χ0v) is 15.6. The second-order valence-electron chi connectivity index (χ2n) is 6.34. The Labute approximate surface area is 161 Å². The smallest absolute Gasteiger partial charge is 0.342 e. The Morgan fingerprint density at radius 2 is 1.93 bits per heavy atom. The van der Waals surface area contributed by atoms with Gasteiger partial charge in [-0.3, -0.25) is 9.59 Å². The van der Waals surface area contributed by atoms with Crippen molar-refractivity contribution < 1.29 is 24.2 Å². The van der Waals surface area contributed by atoms with Gasteiger partial charge in [0.15, 0.2) is 6.10 Å². The van der Waals surface area contributed by atoms with Crippen molar-refractivity contribution in [2.24, 2.45) is 0 Å². The van der Waals surface area contributed by atoms with Gasteiger partial charge in [-0.2, -0.15) is 0 Å². The molecule has 140 valence electrons. The summed E-state index contributed by atoms with van der Waals surface area (Å²) in [6.45, 7) is 3.55. The zero-order chi connectivity index (χ0) is 19.7. The van der Waals surface area contributed by atoms with Crippen LogP contribution in [0.15, 0.2) is 36.4 Å². The summed E-state index contributed by atoms with van der Waals surface area (Å²) >= 11 is 5.83. The minimum Gasteiger partial charge on any atom is -0.507 e. The molecule has 0 bridgehead atoms. The van der Waals surface area contributed by atoms with Gasteiger partial charge in [0.25, 0.3) is 0 Å². The normalized spacial score (nSPS) is 13.8.